The van der Waals surface area contributed by atoms with Gasteiger partial charge in [-0.3, -0.25) is 0 Å². The third-order valence-corrected chi connectivity index (χ3v) is 2.87. The molecule has 1 aromatic rings. The topological polar surface area (TPSA) is 29.5 Å². The number of hydrogen-bond acceptors (Lipinski definition) is 2. The van der Waals surface area contributed by atoms with E-state index < -0.39 is 11.7 Å². The van der Waals surface area contributed by atoms with Gasteiger partial charge in [-0.15, -0.1) is 19.7 Å². The Hall–Kier alpha value is -1.64. The van der Waals surface area contributed by atoms with Crippen molar-refractivity contribution in [2.45, 2.75) is 18.1 Å². The molecule has 18 heavy (non-hydrogen) atoms. The summed E-state index contributed by atoms with van der Waals surface area (Å²) < 4.78 is 5.85. The predicted octanol–water partition coefficient (Wildman–Crippen LogP) is 3.21. The monoisotopic (exact) mass is 244 g/mol. The first-order valence-electron chi connectivity index (χ1n) is 5.93. The normalized spacial score (nSPS) is 15.4. The molecular formula is C16H20O2. The summed E-state index contributed by atoms with van der Waals surface area (Å²) in [5.74, 6) is 0. The van der Waals surface area contributed by atoms with Gasteiger partial charge in [0.05, 0.1) is 6.61 Å². The summed E-state index contributed by atoms with van der Waals surface area (Å²) in [4.78, 5) is 0. The number of ether oxygens (including phenoxy) is 1. The fourth-order valence-electron chi connectivity index (χ4n) is 1.97. The minimum Gasteiger partial charge on any atom is -0.386 e. The van der Waals surface area contributed by atoms with E-state index in [1.807, 2.05) is 30.3 Å². The van der Waals surface area contributed by atoms with Crippen molar-refractivity contribution in [3.63, 3.8) is 0 Å². The van der Waals surface area contributed by atoms with Crippen molar-refractivity contribution < 1.29 is 9.84 Å². The minimum absolute atomic E-state index is 0.355. The van der Waals surface area contributed by atoms with E-state index in [1.54, 1.807) is 12.2 Å². The van der Waals surface area contributed by atoms with Crippen molar-refractivity contribution in [2.75, 3.05) is 6.61 Å². The van der Waals surface area contributed by atoms with Gasteiger partial charge in [-0.1, -0.05) is 48.6 Å². The molecule has 1 aromatic carbocycles. The van der Waals surface area contributed by atoms with Crippen LogP contribution in [0.3, 0.4) is 0 Å². The second-order valence-electron chi connectivity index (χ2n) is 4.03. The van der Waals surface area contributed by atoms with Crippen LogP contribution < -0.4 is 0 Å². The van der Waals surface area contributed by atoms with Crippen molar-refractivity contribution >= 4 is 0 Å². The Kier molecular flexibility index (Phi) is 5.56. The van der Waals surface area contributed by atoms with E-state index >= 15 is 0 Å². The summed E-state index contributed by atoms with van der Waals surface area (Å²) in [6.45, 7) is 11.4. The van der Waals surface area contributed by atoms with Crippen LogP contribution in [0, 0.1) is 0 Å². The van der Waals surface area contributed by atoms with E-state index in [9.17, 15) is 5.11 Å². The van der Waals surface area contributed by atoms with Gasteiger partial charge in [-0.2, -0.15) is 0 Å². The average Bonchev–Trinajstić information content (AvgIpc) is 2.43. The second-order valence-corrected chi connectivity index (χ2v) is 4.03. The predicted molar refractivity (Wildman–Crippen MR) is 75.3 cm³/mol. The van der Waals surface area contributed by atoms with Gasteiger partial charge < -0.3 is 9.84 Å². The molecule has 0 saturated heterocycles. The highest BCUT2D eigenvalue weighted by Crippen LogP contribution is 2.34. The molecule has 96 valence electrons. The third kappa shape index (κ3) is 2.97. The summed E-state index contributed by atoms with van der Waals surface area (Å²) in [6.07, 6.45) is 4.58. The van der Waals surface area contributed by atoms with Crippen molar-refractivity contribution in [3.8, 4) is 0 Å². The van der Waals surface area contributed by atoms with E-state index in [0.29, 0.717) is 13.0 Å². The summed E-state index contributed by atoms with van der Waals surface area (Å²) in [7, 11) is 0. The van der Waals surface area contributed by atoms with Crippen LogP contribution in [0.25, 0.3) is 0 Å². The molecule has 0 aromatic heterocycles. The highest BCUT2D eigenvalue weighted by molar-refractivity contribution is 5.27. The number of benzene rings is 1. The van der Waals surface area contributed by atoms with E-state index in [-0.39, 0.29) is 0 Å². The lowest BCUT2D eigenvalue weighted by Gasteiger charge is -2.36. The molecule has 0 aliphatic heterocycles. The van der Waals surface area contributed by atoms with Gasteiger partial charge in [0.2, 0.25) is 0 Å². The zero-order chi connectivity index (χ0) is 13.4. The van der Waals surface area contributed by atoms with Crippen LogP contribution in [0.2, 0.25) is 0 Å². The van der Waals surface area contributed by atoms with E-state index in [1.165, 1.54) is 6.08 Å². The molecule has 0 saturated carbocycles. The summed E-state index contributed by atoms with van der Waals surface area (Å²) in [5.41, 5.74) is 0.0537. The lowest BCUT2D eigenvalue weighted by Crippen LogP contribution is -2.41. The maximum absolute atomic E-state index is 10.3. The van der Waals surface area contributed by atoms with Crippen LogP contribution in [0.1, 0.15) is 12.0 Å². The van der Waals surface area contributed by atoms with Crippen LogP contribution in [0.5, 0.6) is 0 Å². The van der Waals surface area contributed by atoms with E-state index in [2.05, 4.69) is 19.7 Å². The number of aliphatic hydroxyl groups is 1. The Labute approximate surface area is 109 Å². The first-order chi connectivity index (χ1) is 8.71. The maximum atomic E-state index is 10.3. The molecule has 0 radical (unpaired) electrons. The molecule has 1 N–H and O–H groups in total. The molecule has 2 heteroatoms. The van der Waals surface area contributed by atoms with Crippen LogP contribution in [-0.2, 0) is 10.3 Å². The van der Waals surface area contributed by atoms with Crippen LogP contribution in [0.4, 0.5) is 0 Å². The van der Waals surface area contributed by atoms with Crippen molar-refractivity contribution in [3.05, 3.63) is 73.9 Å². The molecule has 0 heterocycles. The molecule has 0 bridgehead atoms. The molecule has 0 spiro atoms. The zero-order valence-corrected chi connectivity index (χ0v) is 10.6. The van der Waals surface area contributed by atoms with Crippen molar-refractivity contribution in [2.24, 2.45) is 0 Å². The third-order valence-electron chi connectivity index (χ3n) is 2.87. The first kappa shape index (κ1) is 14.4. The second kappa shape index (κ2) is 6.94. The number of aliphatic hydroxyl groups excluding tert-OH is 1. The molecule has 1 rings (SSSR count). The lowest BCUT2D eigenvalue weighted by molar-refractivity contribution is -0.102. The van der Waals surface area contributed by atoms with E-state index in [0.717, 1.165) is 5.56 Å². The Balaban J connectivity index is 3.22. The van der Waals surface area contributed by atoms with Crippen LogP contribution >= 0.6 is 0 Å². The minimum atomic E-state index is -0.848. The summed E-state index contributed by atoms with van der Waals surface area (Å²) in [5, 5.41) is 10.3. The molecule has 2 atom stereocenters. The number of rotatable bonds is 8. The molecule has 0 fully saturated rings. The van der Waals surface area contributed by atoms with Gasteiger partial charge in [0.1, 0.15) is 11.7 Å². The summed E-state index contributed by atoms with van der Waals surface area (Å²) in [6, 6.07) is 9.62. The molecular weight excluding hydrogens is 224 g/mol. The van der Waals surface area contributed by atoms with Gasteiger partial charge in [0.25, 0.3) is 0 Å². The first-order valence-corrected chi connectivity index (χ1v) is 5.93. The van der Waals surface area contributed by atoms with Crippen LogP contribution in [0.15, 0.2) is 68.3 Å². The van der Waals surface area contributed by atoms with Gasteiger partial charge in [0.15, 0.2) is 0 Å². The molecule has 0 aliphatic rings. The highest BCUT2D eigenvalue weighted by Gasteiger charge is 2.37. The quantitative estimate of drug-likeness (QED) is 0.711. The molecule has 0 unspecified atom stereocenters. The van der Waals surface area contributed by atoms with Crippen molar-refractivity contribution in [1.29, 1.82) is 0 Å². The Morgan fingerprint density at radius 3 is 2.33 bits per heavy atom. The molecule has 0 aliphatic carbocycles. The van der Waals surface area contributed by atoms with Crippen LogP contribution in [-0.4, -0.2) is 17.8 Å². The Bertz CT molecular complexity index is 397. The van der Waals surface area contributed by atoms with Gasteiger partial charge in [-0.05, 0) is 5.56 Å². The highest BCUT2D eigenvalue weighted by atomic mass is 16.5. The smallest absolute Gasteiger partial charge is 0.126 e. The van der Waals surface area contributed by atoms with Crippen molar-refractivity contribution in [1.82, 2.24) is 0 Å². The number of hydrogen-bond donors (Lipinski definition) is 1. The summed E-state index contributed by atoms with van der Waals surface area (Å²) >= 11 is 0. The largest absolute Gasteiger partial charge is 0.386 e. The van der Waals surface area contributed by atoms with Gasteiger partial charge in [-0.25, -0.2) is 0 Å². The average molecular weight is 244 g/mol. The fourth-order valence-corrected chi connectivity index (χ4v) is 1.97. The molecule has 0 amide bonds. The van der Waals surface area contributed by atoms with Gasteiger partial charge >= 0.3 is 0 Å². The standard InChI is InChI=1S/C16H20O2/c1-4-12-16(15(17)6-3,18-13-5-2)14-10-8-7-9-11-14/h4-11,15,17H,1-3,12-13H2/t15-,16+/m0/s1. The van der Waals surface area contributed by atoms with Gasteiger partial charge in [0, 0.05) is 6.42 Å². The zero-order valence-electron chi connectivity index (χ0n) is 10.6. The van der Waals surface area contributed by atoms with E-state index in [4.69, 9.17) is 4.74 Å². The fraction of sp³-hybridized carbons (Fsp3) is 0.250. The Morgan fingerprint density at radius 2 is 1.83 bits per heavy atom. The lowest BCUT2D eigenvalue weighted by atomic mass is 9.84. The molecule has 2 nitrogen and oxygen atoms in total. The SMILES string of the molecule is C=CCO[C@](CC=C)(c1ccccc1)[C@@H](O)C=C. The Morgan fingerprint density at radius 1 is 1.17 bits per heavy atom. The maximum Gasteiger partial charge on any atom is 0.126 e.